The van der Waals surface area contributed by atoms with Gasteiger partial charge in [0.05, 0.1) is 5.56 Å². The number of aliphatic carboxylic acids is 1. The normalized spacial score (nSPS) is 13.1. The minimum atomic E-state index is -4.56. The maximum Gasteiger partial charge on any atom is 0.418 e. The molecule has 0 amide bonds. The summed E-state index contributed by atoms with van der Waals surface area (Å²) in [7, 11) is 1.39. The lowest BCUT2D eigenvalue weighted by Crippen LogP contribution is -2.31. The lowest BCUT2D eigenvalue weighted by Gasteiger charge is -2.19. The summed E-state index contributed by atoms with van der Waals surface area (Å²) in [6, 6.07) is 2.18. The van der Waals surface area contributed by atoms with Crippen LogP contribution in [0.5, 0.6) is 0 Å². The van der Waals surface area contributed by atoms with Crippen LogP contribution in [0, 0.1) is 0 Å². The van der Waals surface area contributed by atoms with Crippen molar-refractivity contribution in [2.75, 3.05) is 19.0 Å². The van der Waals surface area contributed by atoms with Gasteiger partial charge in [0.1, 0.15) is 6.04 Å². The van der Waals surface area contributed by atoms with Gasteiger partial charge in [-0.3, -0.25) is 0 Å². The Bertz CT molecular complexity index is 480. The Labute approximate surface area is 122 Å². The number of anilines is 1. The van der Waals surface area contributed by atoms with Crippen LogP contribution < -0.4 is 5.32 Å². The molecule has 1 aromatic rings. The van der Waals surface area contributed by atoms with Gasteiger partial charge in [0.15, 0.2) is 0 Å². The van der Waals surface area contributed by atoms with Crippen molar-refractivity contribution < 1.29 is 27.8 Å². The molecular weight excluding hydrogens is 343 g/mol. The number of nitrogens with one attached hydrogen (secondary N) is 1. The van der Waals surface area contributed by atoms with Gasteiger partial charge in [0.2, 0.25) is 0 Å². The number of carboxylic acids is 1. The van der Waals surface area contributed by atoms with E-state index in [1.807, 2.05) is 0 Å². The molecule has 1 rings (SSSR count). The molecule has 1 aromatic carbocycles. The van der Waals surface area contributed by atoms with Gasteiger partial charge in [-0.15, -0.1) is 0 Å². The predicted molar refractivity (Wildman–Crippen MR) is 70.7 cm³/mol. The first kappa shape index (κ1) is 16.8. The van der Waals surface area contributed by atoms with Crippen molar-refractivity contribution in [2.24, 2.45) is 0 Å². The van der Waals surface area contributed by atoms with Gasteiger partial charge in [0.25, 0.3) is 0 Å². The third-order valence-corrected chi connectivity index (χ3v) is 3.02. The SMILES string of the molecule is COCCC(Nc1cc(Br)ccc1C(F)(F)F)C(=O)O. The number of carboxylic acid groups (broad SMARTS) is 1. The predicted octanol–water partition coefficient (Wildman–Crippen LogP) is 3.37. The number of rotatable bonds is 6. The standard InChI is InChI=1S/C12H13BrF3NO3/c1-20-5-4-9(11(18)19)17-10-6-7(13)2-3-8(10)12(14,15)16/h2-3,6,9,17H,4-5H2,1H3,(H,18,19). The molecule has 0 aliphatic rings. The fourth-order valence-electron chi connectivity index (χ4n) is 1.56. The molecule has 4 nitrogen and oxygen atoms in total. The lowest BCUT2D eigenvalue weighted by atomic mass is 10.1. The molecule has 2 N–H and O–H groups in total. The van der Waals surface area contributed by atoms with Crippen molar-refractivity contribution in [3.8, 4) is 0 Å². The Kier molecular flexibility index (Phi) is 5.82. The molecule has 0 aliphatic carbocycles. The van der Waals surface area contributed by atoms with Gasteiger partial charge in [0, 0.05) is 30.3 Å². The van der Waals surface area contributed by atoms with Crippen LogP contribution in [-0.4, -0.2) is 30.8 Å². The highest BCUT2D eigenvalue weighted by atomic mass is 79.9. The summed E-state index contributed by atoms with van der Waals surface area (Å²) in [5.74, 6) is -1.24. The van der Waals surface area contributed by atoms with E-state index in [0.29, 0.717) is 4.47 Å². The summed E-state index contributed by atoms with van der Waals surface area (Å²) < 4.78 is 43.7. The van der Waals surface area contributed by atoms with Crippen molar-refractivity contribution in [3.05, 3.63) is 28.2 Å². The van der Waals surface area contributed by atoms with Crippen LogP contribution in [0.3, 0.4) is 0 Å². The average molecular weight is 356 g/mol. The summed E-state index contributed by atoms with van der Waals surface area (Å²) in [6.07, 6.45) is -4.51. The molecule has 0 radical (unpaired) electrons. The highest BCUT2D eigenvalue weighted by Crippen LogP contribution is 2.36. The number of halogens is 4. The van der Waals surface area contributed by atoms with Crippen LogP contribution in [0.2, 0.25) is 0 Å². The second-order valence-electron chi connectivity index (χ2n) is 4.00. The summed E-state index contributed by atoms with van der Waals surface area (Å²) in [5.41, 5.74) is -1.19. The third kappa shape index (κ3) is 4.68. The van der Waals surface area contributed by atoms with E-state index >= 15 is 0 Å². The smallest absolute Gasteiger partial charge is 0.418 e. The molecule has 0 aliphatic heterocycles. The summed E-state index contributed by atoms with van der Waals surface area (Å²) in [4.78, 5) is 11.0. The second kappa shape index (κ2) is 6.94. The van der Waals surface area contributed by atoms with Gasteiger partial charge in [-0.05, 0) is 18.2 Å². The molecule has 112 valence electrons. The van der Waals surface area contributed by atoms with E-state index < -0.39 is 23.8 Å². The van der Waals surface area contributed by atoms with E-state index in [2.05, 4.69) is 21.2 Å². The molecule has 0 saturated heterocycles. The van der Waals surface area contributed by atoms with Gasteiger partial charge in [-0.25, -0.2) is 4.79 Å². The largest absolute Gasteiger partial charge is 0.480 e. The summed E-state index contributed by atoms with van der Waals surface area (Å²) >= 11 is 3.06. The molecule has 0 heterocycles. The molecular formula is C12H13BrF3NO3. The average Bonchev–Trinajstić information content (AvgIpc) is 2.32. The molecule has 8 heteroatoms. The van der Waals surface area contributed by atoms with Gasteiger partial charge in [-0.2, -0.15) is 13.2 Å². The second-order valence-corrected chi connectivity index (χ2v) is 4.92. The maximum absolute atomic E-state index is 12.9. The monoisotopic (exact) mass is 355 g/mol. The molecule has 0 spiro atoms. The third-order valence-electron chi connectivity index (χ3n) is 2.53. The fourth-order valence-corrected chi connectivity index (χ4v) is 1.92. The summed E-state index contributed by atoms with van der Waals surface area (Å²) in [5, 5.41) is 11.4. The Hall–Kier alpha value is -1.28. The minimum Gasteiger partial charge on any atom is -0.480 e. The van der Waals surface area contributed by atoms with Crippen molar-refractivity contribution >= 4 is 27.6 Å². The number of benzene rings is 1. The highest BCUT2D eigenvalue weighted by Gasteiger charge is 2.34. The Morgan fingerprint density at radius 2 is 2.15 bits per heavy atom. The Balaban J connectivity index is 3.04. The first-order valence-electron chi connectivity index (χ1n) is 5.60. The number of methoxy groups -OCH3 is 1. The van der Waals surface area contributed by atoms with Crippen molar-refractivity contribution in [1.82, 2.24) is 0 Å². The van der Waals surface area contributed by atoms with Crippen molar-refractivity contribution in [3.63, 3.8) is 0 Å². The first-order chi connectivity index (χ1) is 9.25. The summed E-state index contributed by atoms with van der Waals surface area (Å²) in [6.45, 7) is 0.124. The van der Waals surface area contributed by atoms with E-state index in [1.54, 1.807) is 0 Å². The van der Waals surface area contributed by atoms with Crippen LogP contribution in [0.15, 0.2) is 22.7 Å². The minimum absolute atomic E-state index is 0.0512. The number of alkyl halides is 3. The number of ether oxygens (including phenoxy) is 1. The number of carbonyl (C=O) groups is 1. The van der Waals surface area contributed by atoms with Crippen LogP contribution in [0.25, 0.3) is 0 Å². The number of hydrogen-bond acceptors (Lipinski definition) is 3. The fraction of sp³-hybridized carbons (Fsp3) is 0.417. The zero-order chi connectivity index (χ0) is 15.3. The van der Waals surface area contributed by atoms with Gasteiger partial charge < -0.3 is 15.2 Å². The van der Waals surface area contributed by atoms with Gasteiger partial charge in [-0.1, -0.05) is 15.9 Å². The molecule has 20 heavy (non-hydrogen) atoms. The maximum atomic E-state index is 12.9. The topological polar surface area (TPSA) is 58.6 Å². The quantitative estimate of drug-likeness (QED) is 0.821. The van der Waals surface area contributed by atoms with E-state index in [9.17, 15) is 18.0 Å². The molecule has 0 bridgehead atoms. The van der Waals surface area contributed by atoms with E-state index in [0.717, 1.165) is 6.07 Å². The molecule has 1 atom stereocenters. The van der Waals surface area contributed by atoms with Crippen molar-refractivity contribution in [1.29, 1.82) is 0 Å². The van der Waals surface area contributed by atoms with E-state index in [-0.39, 0.29) is 18.7 Å². The lowest BCUT2D eigenvalue weighted by molar-refractivity contribution is -0.139. The highest BCUT2D eigenvalue weighted by molar-refractivity contribution is 9.10. The van der Waals surface area contributed by atoms with Gasteiger partial charge >= 0.3 is 12.1 Å². The molecule has 0 fully saturated rings. The Morgan fingerprint density at radius 3 is 2.65 bits per heavy atom. The van der Waals surface area contributed by atoms with E-state index in [4.69, 9.17) is 9.84 Å². The van der Waals surface area contributed by atoms with Crippen LogP contribution >= 0.6 is 15.9 Å². The van der Waals surface area contributed by atoms with Crippen LogP contribution in [-0.2, 0) is 15.7 Å². The molecule has 0 saturated carbocycles. The molecule has 1 unspecified atom stereocenters. The van der Waals surface area contributed by atoms with Crippen molar-refractivity contribution in [2.45, 2.75) is 18.6 Å². The van der Waals surface area contributed by atoms with E-state index in [1.165, 1.54) is 19.2 Å². The number of hydrogen-bond donors (Lipinski definition) is 2. The van der Waals surface area contributed by atoms with Crippen LogP contribution in [0.4, 0.5) is 18.9 Å². The van der Waals surface area contributed by atoms with Crippen LogP contribution in [0.1, 0.15) is 12.0 Å². The Morgan fingerprint density at radius 1 is 1.50 bits per heavy atom. The first-order valence-corrected chi connectivity index (χ1v) is 6.40. The molecule has 0 aromatic heterocycles. The zero-order valence-electron chi connectivity index (χ0n) is 10.5. The zero-order valence-corrected chi connectivity index (χ0v) is 12.1.